The molecule has 2 heterocycles. The number of carbonyl (C=O) groups excluding carboxylic acids is 2. The van der Waals surface area contributed by atoms with Crippen LogP contribution in [0.5, 0.6) is 0 Å². The van der Waals surface area contributed by atoms with Gasteiger partial charge >= 0.3 is 0 Å². The van der Waals surface area contributed by atoms with Gasteiger partial charge in [0.05, 0.1) is 22.5 Å². The third-order valence-corrected chi connectivity index (χ3v) is 8.22. The topological polar surface area (TPSA) is 83.6 Å². The van der Waals surface area contributed by atoms with Crippen molar-refractivity contribution in [2.24, 2.45) is 5.41 Å². The Labute approximate surface area is 170 Å². The van der Waals surface area contributed by atoms with Gasteiger partial charge in [0.2, 0.25) is 5.91 Å². The van der Waals surface area contributed by atoms with E-state index in [0.717, 1.165) is 6.42 Å². The molecular formula is C21H25FN2O4S. The normalized spacial score (nSPS) is 30.6. The zero-order chi connectivity index (χ0) is 20.6. The highest BCUT2D eigenvalue weighted by Crippen LogP contribution is 2.46. The molecule has 0 radical (unpaired) electrons. The van der Waals surface area contributed by atoms with Crippen molar-refractivity contribution in [1.29, 1.82) is 0 Å². The van der Waals surface area contributed by atoms with Crippen LogP contribution in [0.2, 0.25) is 0 Å². The summed E-state index contributed by atoms with van der Waals surface area (Å²) in [5.74, 6) is -1.13. The Morgan fingerprint density at radius 2 is 1.97 bits per heavy atom. The Hall–Kier alpha value is -2.22. The quantitative estimate of drug-likeness (QED) is 0.759. The molecule has 29 heavy (non-hydrogen) atoms. The van der Waals surface area contributed by atoms with E-state index in [1.807, 2.05) is 12.2 Å². The van der Waals surface area contributed by atoms with Gasteiger partial charge in [-0.3, -0.25) is 9.59 Å². The summed E-state index contributed by atoms with van der Waals surface area (Å²) < 4.78 is 37.8. The van der Waals surface area contributed by atoms with Crippen LogP contribution in [0, 0.1) is 11.2 Å². The Balaban J connectivity index is 1.61. The average molecular weight is 421 g/mol. The van der Waals surface area contributed by atoms with Gasteiger partial charge in [-0.2, -0.15) is 0 Å². The maximum Gasteiger partial charge on any atom is 0.257 e. The van der Waals surface area contributed by atoms with Crippen LogP contribution in [0.25, 0.3) is 0 Å². The zero-order valence-corrected chi connectivity index (χ0v) is 17.0. The number of nitrogens with zero attached hydrogens (tertiary/aromatic N) is 1. The van der Waals surface area contributed by atoms with Crippen LogP contribution in [0.15, 0.2) is 36.4 Å². The molecular weight excluding hydrogens is 395 g/mol. The third kappa shape index (κ3) is 3.70. The number of nitrogens with one attached hydrogen (secondary N) is 1. The molecule has 1 saturated heterocycles. The van der Waals surface area contributed by atoms with E-state index in [1.165, 1.54) is 18.2 Å². The monoisotopic (exact) mass is 420 g/mol. The lowest BCUT2D eigenvalue weighted by Gasteiger charge is -2.39. The third-order valence-electron chi connectivity index (χ3n) is 6.45. The van der Waals surface area contributed by atoms with Gasteiger partial charge in [-0.25, -0.2) is 12.8 Å². The zero-order valence-electron chi connectivity index (χ0n) is 16.1. The first-order valence-electron chi connectivity index (χ1n) is 10.0. The molecule has 1 unspecified atom stereocenters. The number of carbonyl (C=O) groups is 2. The molecule has 2 aliphatic heterocycles. The number of amides is 2. The number of halogens is 1. The molecule has 0 spiro atoms. The van der Waals surface area contributed by atoms with E-state index < -0.39 is 27.0 Å². The standard InChI is InChI=1S/C21H25FN2O4S/c22-17-7-2-1-6-16(17)19(25)24-12-4-3-10-21(11-5-8-18(21)24)20(26)23-15-9-13-29(27,28)14-15/h1-4,6-7,15,18H,5,8-14H2,(H,23,26)/t15?,18-,21-/m1/s1. The summed E-state index contributed by atoms with van der Waals surface area (Å²) >= 11 is 0. The molecule has 1 saturated carbocycles. The van der Waals surface area contributed by atoms with Crippen LogP contribution < -0.4 is 5.32 Å². The number of hydrogen-bond donors (Lipinski definition) is 1. The Bertz CT molecular complexity index is 961. The Morgan fingerprint density at radius 3 is 2.69 bits per heavy atom. The van der Waals surface area contributed by atoms with Crippen LogP contribution in [-0.2, 0) is 14.6 Å². The fraction of sp³-hybridized carbons (Fsp3) is 0.524. The molecule has 0 aromatic heterocycles. The minimum absolute atomic E-state index is 0.00546. The van der Waals surface area contributed by atoms with Gasteiger partial charge in [-0.1, -0.05) is 30.7 Å². The van der Waals surface area contributed by atoms with Crippen molar-refractivity contribution < 1.29 is 22.4 Å². The molecule has 1 N–H and O–H groups in total. The molecule has 156 valence electrons. The highest BCUT2D eigenvalue weighted by atomic mass is 32.2. The molecule has 8 heteroatoms. The van der Waals surface area contributed by atoms with Gasteiger partial charge in [0, 0.05) is 18.6 Å². The van der Waals surface area contributed by atoms with Crippen molar-refractivity contribution in [3.8, 4) is 0 Å². The second kappa shape index (κ2) is 7.55. The molecule has 2 fully saturated rings. The number of rotatable bonds is 3. The fourth-order valence-corrected chi connectivity index (χ4v) is 6.64. The lowest BCUT2D eigenvalue weighted by atomic mass is 9.77. The summed E-state index contributed by atoms with van der Waals surface area (Å²) in [6, 6.07) is 5.16. The van der Waals surface area contributed by atoms with Crippen molar-refractivity contribution in [2.75, 3.05) is 18.1 Å². The van der Waals surface area contributed by atoms with E-state index in [2.05, 4.69) is 5.32 Å². The highest BCUT2D eigenvalue weighted by Gasteiger charge is 2.53. The summed E-state index contributed by atoms with van der Waals surface area (Å²) in [6.07, 6.45) is 6.75. The van der Waals surface area contributed by atoms with Crippen LogP contribution >= 0.6 is 0 Å². The maximum atomic E-state index is 14.2. The van der Waals surface area contributed by atoms with Crippen molar-refractivity contribution >= 4 is 21.7 Å². The molecule has 1 aliphatic carbocycles. The minimum Gasteiger partial charge on any atom is -0.352 e. The number of sulfone groups is 1. The number of allylic oxidation sites excluding steroid dienone is 1. The summed E-state index contributed by atoms with van der Waals surface area (Å²) in [4.78, 5) is 28.1. The minimum atomic E-state index is -3.10. The summed E-state index contributed by atoms with van der Waals surface area (Å²) in [7, 11) is -3.10. The van der Waals surface area contributed by atoms with Crippen molar-refractivity contribution in [1.82, 2.24) is 10.2 Å². The van der Waals surface area contributed by atoms with E-state index in [1.54, 1.807) is 11.0 Å². The highest BCUT2D eigenvalue weighted by molar-refractivity contribution is 7.91. The van der Waals surface area contributed by atoms with Crippen LogP contribution in [0.4, 0.5) is 4.39 Å². The van der Waals surface area contributed by atoms with Gasteiger partial charge in [0.1, 0.15) is 5.82 Å². The predicted molar refractivity (Wildman–Crippen MR) is 106 cm³/mol. The summed E-state index contributed by atoms with van der Waals surface area (Å²) in [5.41, 5.74) is -0.800. The van der Waals surface area contributed by atoms with Crippen molar-refractivity contribution in [3.05, 3.63) is 47.8 Å². The Morgan fingerprint density at radius 1 is 1.17 bits per heavy atom. The van der Waals surface area contributed by atoms with E-state index in [-0.39, 0.29) is 35.1 Å². The molecule has 3 aliphatic rings. The van der Waals surface area contributed by atoms with Crippen LogP contribution in [0.3, 0.4) is 0 Å². The second-order valence-electron chi connectivity index (χ2n) is 8.25. The van der Waals surface area contributed by atoms with E-state index in [9.17, 15) is 22.4 Å². The molecule has 4 rings (SSSR count). The first-order valence-corrected chi connectivity index (χ1v) is 11.9. The van der Waals surface area contributed by atoms with Crippen LogP contribution in [0.1, 0.15) is 42.5 Å². The fourth-order valence-electron chi connectivity index (χ4n) is 4.96. The van der Waals surface area contributed by atoms with Crippen LogP contribution in [-0.4, -0.2) is 55.3 Å². The number of benzene rings is 1. The summed E-state index contributed by atoms with van der Waals surface area (Å²) in [5, 5.41) is 2.94. The van der Waals surface area contributed by atoms with Gasteiger partial charge < -0.3 is 10.2 Å². The molecule has 6 nitrogen and oxygen atoms in total. The molecule has 2 amide bonds. The first-order chi connectivity index (χ1) is 13.8. The van der Waals surface area contributed by atoms with Gasteiger partial charge in [0.15, 0.2) is 9.84 Å². The van der Waals surface area contributed by atoms with Crippen molar-refractivity contribution in [3.63, 3.8) is 0 Å². The van der Waals surface area contributed by atoms with E-state index in [0.29, 0.717) is 32.2 Å². The maximum absolute atomic E-state index is 14.2. The summed E-state index contributed by atoms with van der Waals surface area (Å²) in [6.45, 7) is 0.324. The smallest absolute Gasteiger partial charge is 0.257 e. The van der Waals surface area contributed by atoms with Gasteiger partial charge in [-0.15, -0.1) is 0 Å². The molecule has 1 aromatic rings. The van der Waals surface area contributed by atoms with E-state index in [4.69, 9.17) is 0 Å². The van der Waals surface area contributed by atoms with E-state index >= 15 is 0 Å². The van der Waals surface area contributed by atoms with Gasteiger partial charge in [-0.05, 0) is 37.8 Å². The van der Waals surface area contributed by atoms with Gasteiger partial charge in [0.25, 0.3) is 5.91 Å². The second-order valence-corrected chi connectivity index (χ2v) is 10.5. The number of fused-ring (bicyclic) bond motifs is 1. The largest absolute Gasteiger partial charge is 0.352 e. The van der Waals surface area contributed by atoms with Crippen molar-refractivity contribution in [2.45, 2.75) is 44.2 Å². The molecule has 0 bridgehead atoms. The SMILES string of the molecule is O=C(c1ccccc1F)N1CC=CC[C@@]2(C(=O)NC3CCS(=O)(=O)C3)CCC[C@@H]12. The molecule has 3 atom stereocenters. The lowest BCUT2D eigenvalue weighted by Crippen LogP contribution is -2.55. The average Bonchev–Trinajstić information content (AvgIpc) is 3.20. The predicted octanol–water partition coefficient (Wildman–Crippen LogP) is 2.07. The first kappa shape index (κ1) is 20.1. The lowest BCUT2D eigenvalue weighted by molar-refractivity contribution is -0.133. The number of hydrogen-bond acceptors (Lipinski definition) is 4. The Kier molecular flexibility index (Phi) is 5.23. The molecule has 1 aromatic carbocycles.